The summed E-state index contributed by atoms with van der Waals surface area (Å²) in [6, 6.07) is 7.90. The fourth-order valence-corrected chi connectivity index (χ4v) is 5.60. The maximum Gasteiger partial charge on any atom is 0.135 e. The minimum Gasteiger partial charge on any atom is -0.296 e. The van der Waals surface area contributed by atoms with Crippen LogP contribution in [0.15, 0.2) is 41.8 Å². The number of hydrogen-bond donors (Lipinski definition) is 0. The van der Waals surface area contributed by atoms with Gasteiger partial charge in [0.25, 0.3) is 0 Å². The van der Waals surface area contributed by atoms with E-state index in [1.54, 1.807) is 52.9 Å². The third kappa shape index (κ3) is 3.31. The number of imidazole rings is 1. The van der Waals surface area contributed by atoms with E-state index >= 15 is 0 Å². The van der Waals surface area contributed by atoms with Crippen LogP contribution in [0.4, 0.5) is 0 Å². The summed E-state index contributed by atoms with van der Waals surface area (Å²) in [5.74, 6) is 1.66. The average molecular weight is 368 g/mol. The van der Waals surface area contributed by atoms with Crippen molar-refractivity contribution in [1.29, 1.82) is 5.26 Å². The Labute approximate surface area is 147 Å². The summed E-state index contributed by atoms with van der Waals surface area (Å²) in [7, 11) is 0. The standard InChI is InChI=1S/C15H11Cl2N3S2/c16-10-1-2-11(12(17)5-10)14-7-22-15(8-21-14)13(6-18)20-4-3-19-9-20/h1-5,9,14H,7-8H2/b15-13-. The average Bonchev–Trinajstić information content (AvgIpc) is 3.03. The Kier molecular flexibility index (Phi) is 5.04. The van der Waals surface area contributed by atoms with Gasteiger partial charge in [0.1, 0.15) is 11.8 Å². The first-order chi connectivity index (χ1) is 10.7. The van der Waals surface area contributed by atoms with Crippen molar-refractivity contribution < 1.29 is 0 Å². The molecule has 1 saturated heterocycles. The monoisotopic (exact) mass is 367 g/mol. The zero-order valence-electron chi connectivity index (χ0n) is 11.4. The third-order valence-electron chi connectivity index (χ3n) is 3.27. The van der Waals surface area contributed by atoms with Gasteiger partial charge in [0, 0.05) is 44.1 Å². The van der Waals surface area contributed by atoms with Crippen LogP contribution in [0.3, 0.4) is 0 Å². The summed E-state index contributed by atoms with van der Waals surface area (Å²) in [5, 5.41) is 11.0. The van der Waals surface area contributed by atoms with Crippen LogP contribution in [-0.4, -0.2) is 21.1 Å². The van der Waals surface area contributed by atoms with E-state index in [4.69, 9.17) is 23.2 Å². The molecule has 1 atom stereocenters. The summed E-state index contributed by atoms with van der Waals surface area (Å²) in [6.07, 6.45) is 5.12. The first-order valence-electron chi connectivity index (χ1n) is 6.50. The van der Waals surface area contributed by atoms with E-state index in [0.717, 1.165) is 22.0 Å². The Balaban J connectivity index is 1.79. The van der Waals surface area contributed by atoms with Gasteiger partial charge in [0.2, 0.25) is 0 Å². The predicted octanol–water partition coefficient (Wildman–Crippen LogP) is 5.10. The first kappa shape index (κ1) is 15.8. The molecule has 1 unspecified atom stereocenters. The smallest absolute Gasteiger partial charge is 0.135 e. The molecule has 1 aliphatic rings. The van der Waals surface area contributed by atoms with Crippen LogP contribution >= 0.6 is 46.7 Å². The van der Waals surface area contributed by atoms with Gasteiger partial charge in [-0.3, -0.25) is 4.57 Å². The lowest BCUT2D eigenvalue weighted by atomic mass is 10.2. The lowest BCUT2D eigenvalue weighted by Gasteiger charge is -2.25. The van der Waals surface area contributed by atoms with E-state index in [-0.39, 0.29) is 0 Å². The van der Waals surface area contributed by atoms with Gasteiger partial charge >= 0.3 is 0 Å². The Morgan fingerprint density at radius 3 is 2.86 bits per heavy atom. The van der Waals surface area contributed by atoms with Crippen molar-refractivity contribution in [3.05, 3.63) is 57.4 Å². The summed E-state index contributed by atoms with van der Waals surface area (Å²) < 4.78 is 1.76. The molecule has 0 amide bonds. The largest absolute Gasteiger partial charge is 0.296 e. The lowest BCUT2D eigenvalue weighted by Crippen LogP contribution is -2.09. The molecule has 2 aromatic rings. The minimum atomic E-state index is 0.307. The molecule has 2 heterocycles. The number of hydrogen-bond acceptors (Lipinski definition) is 4. The van der Waals surface area contributed by atoms with Crippen molar-refractivity contribution in [3.63, 3.8) is 0 Å². The van der Waals surface area contributed by atoms with Gasteiger partial charge in [-0.15, -0.1) is 23.5 Å². The number of benzene rings is 1. The normalized spacial score (nSPS) is 20.5. The van der Waals surface area contributed by atoms with Gasteiger partial charge in [-0.05, 0) is 17.7 Å². The Hall–Kier alpha value is -1.06. The summed E-state index contributed by atoms with van der Waals surface area (Å²) in [6.45, 7) is 0. The van der Waals surface area contributed by atoms with Gasteiger partial charge in [0.15, 0.2) is 0 Å². The first-order valence-corrected chi connectivity index (χ1v) is 9.29. The van der Waals surface area contributed by atoms with E-state index in [2.05, 4.69) is 11.1 Å². The van der Waals surface area contributed by atoms with Crippen LogP contribution in [-0.2, 0) is 0 Å². The zero-order chi connectivity index (χ0) is 15.5. The molecule has 7 heteroatoms. The van der Waals surface area contributed by atoms with E-state index in [1.165, 1.54) is 0 Å². The van der Waals surface area contributed by atoms with Crippen LogP contribution < -0.4 is 0 Å². The summed E-state index contributed by atoms with van der Waals surface area (Å²) in [5.41, 5.74) is 1.75. The molecule has 1 aliphatic heterocycles. The maximum atomic E-state index is 9.39. The highest BCUT2D eigenvalue weighted by molar-refractivity contribution is 8.09. The molecule has 3 rings (SSSR count). The number of aromatic nitrogens is 2. The highest BCUT2D eigenvalue weighted by Gasteiger charge is 2.24. The van der Waals surface area contributed by atoms with Gasteiger partial charge in [-0.1, -0.05) is 29.3 Å². The number of halogens is 2. The fraction of sp³-hybridized carbons (Fsp3) is 0.200. The number of nitrogens with zero attached hydrogens (tertiary/aromatic N) is 3. The van der Waals surface area contributed by atoms with Crippen LogP contribution in [0.5, 0.6) is 0 Å². The van der Waals surface area contributed by atoms with Crippen molar-refractivity contribution in [1.82, 2.24) is 9.55 Å². The molecule has 112 valence electrons. The van der Waals surface area contributed by atoms with Crippen molar-refractivity contribution in [2.75, 3.05) is 11.5 Å². The second-order valence-corrected chi connectivity index (χ2v) is 7.78. The van der Waals surface area contributed by atoms with Crippen LogP contribution in [0.1, 0.15) is 10.8 Å². The molecule has 1 aromatic carbocycles. The molecule has 1 fully saturated rings. The van der Waals surface area contributed by atoms with E-state index < -0.39 is 0 Å². The van der Waals surface area contributed by atoms with Gasteiger partial charge in [0.05, 0.1) is 6.33 Å². The summed E-state index contributed by atoms with van der Waals surface area (Å²) in [4.78, 5) is 5.08. The molecule has 0 bridgehead atoms. The van der Waals surface area contributed by atoms with Crippen molar-refractivity contribution in [2.45, 2.75) is 5.25 Å². The topological polar surface area (TPSA) is 41.6 Å². The van der Waals surface area contributed by atoms with Crippen molar-refractivity contribution in [3.8, 4) is 6.07 Å². The number of thioether (sulfide) groups is 2. The van der Waals surface area contributed by atoms with Crippen LogP contribution in [0.2, 0.25) is 10.0 Å². The molecule has 0 aliphatic carbocycles. The van der Waals surface area contributed by atoms with E-state index in [1.807, 2.05) is 12.1 Å². The molecule has 0 saturated carbocycles. The van der Waals surface area contributed by atoms with Crippen molar-refractivity contribution >= 4 is 52.4 Å². The van der Waals surface area contributed by atoms with Gasteiger partial charge in [-0.2, -0.15) is 5.26 Å². The van der Waals surface area contributed by atoms with Gasteiger partial charge in [-0.25, -0.2) is 4.98 Å². The molecular formula is C15H11Cl2N3S2. The molecule has 22 heavy (non-hydrogen) atoms. The quantitative estimate of drug-likeness (QED) is 0.692. The lowest BCUT2D eigenvalue weighted by molar-refractivity contribution is 1.08. The predicted molar refractivity (Wildman–Crippen MR) is 95.2 cm³/mol. The zero-order valence-corrected chi connectivity index (χ0v) is 14.5. The highest BCUT2D eigenvalue weighted by Crippen LogP contribution is 2.45. The molecule has 0 N–H and O–H groups in total. The fourth-order valence-electron chi connectivity index (χ4n) is 2.18. The Morgan fingerprint density at radius 2 is 2.27 bits per heavy atom. The van der Waals surface area contributed by atoms with E-state index in [0.29, 0.717) is 21.0 Å². The van der Waals surface area contributed by atoms with Gasteiger partial charge < -0.3 is 0 Å². The molecular weight excluding hydrogens is 357 g/mol. The summed E-state index contributed by atoms with van der Waals surface area (Å²) >= 11 is 15.7. The van der Waals surface area contributed by atoms with Crippen LogP contribution in [0, 0.1) is 11.3 Å². The van der Waals surface area contributed by atoms with Crippen LogP contribution in [0.25, 0.3) is 5.70 Å². The highest BCUT2D eigenvalue weighted by atomic mass is 35.5. The molecule has 0 radical (unpaired) electrons. The Morgan fingerprint density at radius 1 is 1.41 bits per heavy atom. The molecule has 0 spiro atoms. The third-order valence-corrected chi connectivity index (χ3v) is 6.69. The second-order valence-electron chi connectivity index (χ2n) is 4.63. The Bertz CT molecular complexity index is 741. The molecule has 1 aromatic heterocycles. The van der Waals surface area contributed by atoms with E-state index in [9.17, 15) is 5.26 Å². The minimum absolute atomic E-state index is 0.307. The van der Waals surface area contributed by atoms with Crippen molar-refractivity contribution in [2.24, 2.45) is 0 Å². The number of rotatable bonds is 2. The second kappa shape index (κ2) is 7.01. The maximum absolute atomic E-state index is 9.39. The number of allylic oxidation sites excluding steroid dienone is 1. The number of nitriles is 1. The SMILES string of the molecule is N#C/C(=C1\CSC(c2ccc(Cl)cc2Cl)CS1)n1ccnc1. The molecule has 3 nitrogen and oxygen atoms in total.